The maximum atomic E-state index is 12.5. The largest absolute Gasteiger partial charge is 0.496 e. The highest BCUT2D eigenvalue weighted by Crippen LogP contribution is 2.23. The van der Waals surface area contributed by atoms with E-state index in [-0.39, 0.29) is 16.9 Å². The van der Waals surface area contributed by atoms with Crippen molar-refractivity contribution in [3.8, 4) is 5.75 Å². The van der Waals surface area contributed by atoms with Crippen LogP contribution in [0.5, 0.6) is 5.75 Å². The minimum absolute atomic E-state index is 0.0309. The number of ether oxygens (including phenoxy) is 1. The normalized spacial score (nSPS) is 10.1. The van der Waals surface area contributed by atoms with Gasteiger partial charge in [-0.15, -0.1) is 0 Å². The number of hydrogen-bond donors (Lipinski definition) is 3. The van der Waals surface area contributed by atoms with Crippen LogP contribution in [-0.4, -0.2) is 24.0 Å². The Hall–Kier alpha value is -2.45. The molecule has 28 heavy (non-hydrogen) atoms. The Bertz CT molecular complexity index is 874. The molecule has 2 rings (SSSR count). The third kappa shape index (κ3) is 6.61. The van der Waals surface area contributed by atoms with Crippen molar-refractivity contribution in [2.75, 3.05) is 17.7 Å². The van der Waals surface area contributed by atoms with Gasteiger partial charge >= 0.3 is 0 Å². The maximum Gasteiger partial charge on any atom is 0.261 e. The second-order valence-electron chi connectivity index (χ2n) is 5.99. The van der Waals surface area contributed by atoms with Gasteiger partial charge in [-0.2, -0.15) is 0 Å². The predicted octanol–water partition coefficient (Wildman–Crippen LogP) is 4.71. The zero-order valence-electron chi connectivity index (χ0n) is 15.7. The average Bonchev–Trinajstić information content (AvgIpc) is 2.66. The molecule has 8 heteroatoms. The van der Waals surface area contributed by atoms with Gasteiger partial charge in [0.15, 0.2) is 5.11 Å². The number of carbonyl (C=O) groups is 2. The number of halogens is 1. The molecule has 0 bridgehead atoms. The summed E-state index contributed by atoms with van der Waals surface area (Å²) in [6, 6.07) is 12.3. The van der Waals surface area contributed by atoms with Crippen LogP contribution < -0.4 is 20.7 Å². The van der Waals surface area contributed by atoms with Crippen LogP contribution in [0.4, 0.5) is 11.4 Å². The zero-order valence-corrected chi connectivity index (χ0v) is 18.1. The number of unbranched alkanes of at least 4 members (excludes halogenated alkanes) is 1. The van der Waals surface area contributed by atoms with Crippen LogP contribution in [0.2, 0.25) is 0 Å². The molecule has 0 radical (unpaired) electrons. The lowest BCUT2D eigenvalue weighted by atomic mass is 10.2. The molecule has 2 aromatic rings. The molecule has 0 aliphatic carbocycles. The lowest BCUT2D eigenvalue weighted by Gasteiger charge is -2.13. The lowest BCUT2D eigenvalue weighted by Crippen LogP contribution is -2.34. The summed E-state index contributed by atoms with van der Waals surface area (Å²) in [5.41, 5.74) is 1.67. The number of hydrogen-bond acceptors (Lipinski definition) is 4. The highest BCUT2D eigenvalue weighted by atomic mass is 79.9. The Morgan fingerprint density at radius 1 is 1.11 bits per heavy atom. The molecule has 0 aliphatic rings. The SMILES string of the molecule is CCCCC(=O)Nc1cccc(NC(=S)NC(=O)c2cc(Br)ccc2OC)c1. The van der Waals surface area contributed by atoms with E-state index in [0.29, 0.717) is 29.1 Å². The van der Waals surface area contributed by atoms with Gasteiger partial charge in [-0.3, -0.25) is 14.9 Å². The summed E-state index contributed by atoms with van der Waals surface area (Å²) >= 11 is 8.57. The molecule has 0 saturated carbocycles. The Morgan fingerprint density at radius 2 is 1.82 bits per heavy atom. The summed E-state index contributed by atoms with van der Waals surface area (Å²) in [6.45, 7) is 2.04. The summed E-state index contributed by atoms with van der Waals surface area (Å²) in [4.78, 5) is 24.4. The summed E-state index contributed by atoms with van der Waals surface area (Å²) in [7, 11) is 1.50. The second-order valence-corrected chi connectivity index (χ2v) is 7.31. The second kappa shape index (κ2) is 10.8. The third-order valence-corrected chi connectivity index (χ3v) is 4.49. The van der Waals surface area contributed by atoms with Crippen LogP contribution in [0.25, 0.3) is 0 Å². The smallest absolute Gasteiger partial charge is 0.261 e. The lowest BCUT2D eigenvalue weighted by molar-refractivity contribution is -0.116. The summed E-state index contributed by atoms with van der Waals surface area (Å²) in [5.74, 6) is 0.0246. The van der Waals surface area contributed by atoms with Gasteiger partial charge in [0.2, 0.25) is 5.91 Å². The molecule has 0 aromatic heterocycles. The molecular weight excluding hydrogens is 442 g/mol. The van der Waals surface area contributed by atoms with Crippen molar-refractivity contribution in [2.45, 2.75) is 26.2 Å². The Kier molecular flexibility index (Phi) is 8.41. The van der Waals surface area contributed by atoms with Gasteiger partial charge in [0.25, 0.3) is 5.91 Å². The molecule has 0 unspecified atom stereocenters. The third-order valence-electron chi connectivity index (χ3n) is 3.79. The fourth-order valence-corrected chi connectivity index (χ4v) is 3.00. The average molecular weight is 464 g/mol. The van der Waals surface area contributed by atoms with Gasteiger partial charge in [0, 0.05) is 22.3 Å². The topological polar surface area (TPSA) is 79.5 Å². The van der Waals surface area contributed by atoms with Gasteiger partial charge in [-0.25, -0.2) is 0 Å². The molecule has 0 saturated heterocycles. The van der Waals surface area contributed by atoms with Crippen LogP contribution in [0, 0.1) is 0 Å². The van der Waals surface area contributed by atoms with Crippen LogP contribution in [0.1, 0.15) is 36.5 Å². The van der Waals surface area contributed by atoms with E-state index < -0.39 is 0 Å². The monoisotopic (exact) mass is 463 g/mol. The summed E-state index contributed by atoms with van der Waals surface area (Å²) in [6.07, 6.45) is 2.29. The van der Waals surface area contributed by atoms with E-state index in [2.05, 4.69) is 31.9 Å². The van der Waals surface area contributed by atoms with Crippen LogP contribution in [-0.2, 0) is 4.79 Å². The molecule has 0 atom stereocenters. The van der Waals surface area contributed by atoms with Crippen molar-refractivity contribution in [3.63, 3.8) is 0 Å². The number of anilines is 2. The first-order chi connectivity index (χ1) is 13.4. The number of amides is 2. The van der Waals surface area contributed by atoms with Crippen molar-refractivity contribution in [1.29, 1.82) is 0 Å². The molecule has 0 fully saturated rings. The van der Waals surface area contributed by atoms with Crippen molar-refractivity contribution >= 4 is 56.4 Å². The van der Waals surface area contributed by atoms with Crippen LogP contribution in [0.3, 0.4) is 0 Å². The van der Waals surface area contributed by atoms with Gasteiger partial charge in [0.05, 0.1) is 12.7 Å². The standard InChI is InChI=1S/C20H22BrN3O3S/c1-3-4-8-18(25)22-14-6-5-7-15(12-14)23-20(28)24-19(26)16-11-13(21)9-10-17(16)27-2/h5-7,9-12H,3-4,8H2,1-2H3,(H,22,25)(H2,23,24,26,28). The first-order valence-corrected chi connectivity index (χ1v) is 9.99. The Balaban J connectivity index is 1.99. The fraction of sp³-hybridized carbons (Fsp3) is 0.250. The molecule has 0 spiro atoms. The first kappa shape index (κ1) is 21.8. The van der Waals surface area contributed by atoms with Crippen molar-refractivity contribution in [3.05, 3.63) is 52.5 Å². The maximum absolute atomic E-state index is 12.5. The Morgan fingerprint density at radius 3 is 2.50 bits per heavy atom. The molecule has 0 aliphatic heterocycles. The molecule has 2 aromatic carbocycles. The molecule has 0 heterocycles. The fourth-order valence-electron chi connectivity index (χ4n) is 2.43. The van der Waals surface area contributed by atoms with E-state index in [1.807, 2.05) is 6.92 Å². The number of thiocarbonyl (C=S) groups is 1. The molecule has 3 N–H and O–H groups in total. The van der Waals surface area contributed by atoms with Crippen LogP contribution in [0.15, 0.2) is 46.9 Å². The minimum atomic E-state index is -0.389. The van der Waals surface area contributed by atoms with Crippen molar-refractivity contribution in [1.82, 2.24) is 5.32 Å². The predicted molar refractivity (Wildman–Crippen MR) is 119 cm³/mol. The summed E-state index contributed by atoms with van der Waals surface area (Å²) in [5, 5.41) is 8.56. The van der Waals surface area contributed by atoms with E-state index in [1.165, 1.54) is 7.11 Å². The number of rotatable bonds is 7. The molecule has 2 amide bonds. The first-order valence-electron chi connectivity index (χ1n) is 8.78. The van der Waals surface area contributed by atoms with Gasteiger partial charge in [-0.1, -0.05) is 35.3 Å². The molecule has 148 valence electrons. The number of carbonyl (C=O) groups excluding carboxylic acids is 2. The number of methoxy groups -OCH3 is 1. The summed E-state index contributed by atoms with van der Waals surface area (Å²) < 4.78 is 5.97. The Labute approximate surface area is 178 Å². The quantitative estimate of drug-likeness (QED) is 0.517. The van der Waals surface area contributed by atoms with E-state index >= 15 is 0 Å². The van der Waals surface area contributed by atoms with Crippen molar-refractivity contribution in [2.24, 2.45) is 0 Å². The van der Waals surface area contributed by atoms with Gasteiger partial charge < -0.3 is 15.4 Å². The van der Waals surface area contributed by atoms with Gasteiger partial charge in [-0.05, 0) is 55.0 Å². The minimum Gasteiger partial charge on any atom is -0.496 e. The van der Waals surface area contributed by atoms with E-state index in [9.17, 15) is 9.59 Å². The van der Waals surface area contributed by atoms with Gasteiger partial charge in [0.1, 0.15) is 5.75 Å². The zero-order chi connectivity index (χ0) is 20.5. The molecule has 6 nitrogen and oxygen atoms in total. The molecular formula is C20H22BrN3O3S. The number of nitrogens with one attached hydrogen (secondary N) is 3. The van der Waals surface area contributed by atoms with Crippen molar-refractivity contribution < 1.29 is 14.3 Å². The van der Waals surface area contributed by atoms with Crippen LogP contribution >= 0.6 is 28.1 Å². The highest BCUT2D eigenvalue weighted by molar-refractivity contribution is 9.10. The van der Waals surface area contributed by atoms with E-state index in [0.717, 1.165) is 17.3 Å². The van der Waals surface area contributed by atoms with E-state index in [4.69, 9.17) is 17.0 Å². The van der Waals surface area contributed by atoms with E-state index in [1.54, 1.807) is 42.5 Å². The highest BCUT2D eigenvalue weighted by Gasteiger charge is 2.14. The number of benzene rings is 2.